The Hall–Kier alpha value is -2.30. The zero-order valence-corrected chi connectivity index (χ0v) is 18.4. The van der Waals surface area contributed by atoms with E-state index in [-0.39, 0.29) is 18.1 Å². The van der Waals surface area contributed by atoms with E-state index in [4.69, 9.17) is 25.3 Å². The molecular formula is C21H22ClN3O5S. The Morgan fingerprint density at radius 3 is 2.61 bits per heavy atom. The fourth-order valence-electron chi connectivity index (χ4n) is 3.33. The van der Waals surface area contributed by atoms with E-state index in [9.17, 15) is 8.42 Å². The molecule has 164 valence electrons. The predicted octanol–water partition coefficient (Wildman–Crippen LogP) is 3.30. The molecule has 3 aromatic rings. The summed E-state index contributed by atoms with van der Waals surface area (Å²) in [5.74, 6) is -1.07. The minimum atomic E-state index is -3.90. The van der Waals surface area contributed by atoms with Crippen molar-refractivity contribution < 1.29 is 22.1 Å². The van der Waals surface area contributed by atoms with Crippen molar-refractivity contribution >= 4 is 21.7 Å². The van der Waals surface area contributed by atoms with Crippen LogP contribution in [-0.4, -0.2) is 42.5 Å². The van der Waals surface area contributed by atoms with Crippen molar-refractivity contribution in [2.24, 2.45) is 0 Å². The average Bonchev–Trinajstić information content (AvgIpc) is 3.42. The summed E-state index contributed by atoms with van der Waals surface area (Å²) in [6, 6.07) is 13.7. The smallest absolute Gasteiger partial charge is 0.297 e. The van der Waals surface area contributed by atoms with Gasteiger partial charge in [-0.05, 0) is 31.2 Å². The molecule has 0 aliphatic carbocycles. The van der Waals surface area contributed by atoms with Crippen molar-refractivity contribution in [2.45, 2.75) is 36.7 Å². The number of halogens is 1. The summed E-state index contributed by atoms with van der Waals surface area (Å²) in [7, 11) is -3.90. The van der Waals surface area contributed by atoms with Gasteiger partial charge in [-0.15, -0.1) is 0 Å². The highest BCUT2D eigenvalue weighted by Gasteiger charge is 2.43. The Morgan fingerprint density at radius 2 is 1.94 bits per heavy atom. The van der Waals surface area contributed by atoms with Gasteiger partial charge in [-0.2, -0.15) is 13.5 Å². The second-order valence-corrected chi connectivity index (χ2v) is 9.32. The third kappa shape index (κ3) is 5.13. The van der Waals surface area contributed by atoms with E-state index >= 15 is 0 Å². The summed E-state index contributed by atoms with van der Waals surface area (Å²) >= 11 is 6.03. The number of ether oxygens (including phenoxy) is 2. The maximum absolute atomic E-state index is 12.5. The van der Waals surface area contributed by atoms with Gasteiger partial charge in [0.25, 0.3) is 10.1 Å². The Bertz CT molecular complexity index is 1100. The molecule has 0 radical (unpaired) electrons. The lowest BCUT2D eigenvalue weighted by atomic mass is 10.0. The summed E-state index contributed by atoms with van der Waals surface area (Å²) < 4.78 is 44.2. The van der Waals surface area contributed by atoms with E-state index in [2.05, 4.69) is 10.1 Å². The average molecular weight is 464 g/mol. The molecule has 1 aromatic heterocycles. The normalized spacial score (nSPS) is 21.4. The number of aryl methyl sites for hydroxylation is 2. The number of benzene rings is 2. The van der Waals surface area contributed by atoms with Crippen LogP contribution in [0.4, 0.5) is 0 Å². The molecule has 0 N–H and O–H groups in total. The van der Waals surface area contributed by atoms with Crippen LogP contribution in [0.2, 0.25) is 5.02 Å². The molecule has 1 aliphatic heterocycles. The standard InChI is InChI=1S/C21H22ClN3O5S/c1-16-2-8-20(9-3-16)31(26,27)29-13-19-12-28-21(30-19,10-11-25-15-23-14-24-25)17-4-6-18(22)7-5-17/h2-9,14-15,19H,10-13H2,1H3/t19-,21-/m1/s1. The van der Waals surface area contributed by atoms with Crippen molar-refractivity contribution in [1.29, 1.82) is 0 Å². The first-order valence-electron chi connectivity index (χ1n) is 9.73. The maximum atomic E-state index is 12.5. The zero-order chi connectivity index (χ0) is 21.9. The molecular weight excluding hydrogens is 442 g/mol. The Labute approximate surface area is 185 Å². The summed E-state index contributed by atoms with van der Waals surface area (Å²) in [4.78, 5) is 4.05. The van der Waals surface area contributed by atoms with Gasteiger partial charge in [0.2, 0.25) is 0 Å². The van der Waals surface area contributed by atoms with Crippen LogP contribution in [0.3, 0.4) is 0 Å². The van der Waals surface area contributed by atoms with Crippen LogP contribution in [0.5, 0.6) is 0 Å². The molecule has 4 rings (SSSR count). The van der Waals surface area contributed by atoms with Gasteiger partial charge < -0.3 is 9.47 Å². The predicted molar refractivity (Wildman–Crippen MR) is 113 cm³/mol. The van der Waals surface area contributed by atoms with Crippen molar-refractivity contribution in [3.05, 3.63) is 77.3 Å². The summed E-state index contributed by atoms with van der Waals surface area (Å²) in [6.07, 6.45) is 2.95. The minimum Gasteiger partial charge on any atom is -0.343 e. The molecule has 0 unspecified atom stereocenters. The monoisotopic (exact) mass is 463 g/mol. The van der Waals surface area contributed by atoms with Gasteiger partial charge >= 0.3 is 0 Å². The van der Waals surface area contributed by atoms with Gasteiger partial charge in [-0.3, -0.25) is 8.86 Å². The van der Waals surface area contributed by atoms with E-state index in [1.807, 2.05) is 19.1 Å². The molecule has 2 aromatic carbocycles. The molecule has 0 bridgehead atoms. The van der Waals surface area contributed by atoms with Crippen LogP contribution in [0.15, 0.2) is 66.1 Å². The fraction of sp³-hybridized carbons (Fsp3) is 0.333. The molecule has 31 heavy (non-hydrogen) atoms. The Balaban J connectivity index is 1.47. The van der Waals surface area contributed by atoms with Gasteiger partial charge in [0.15, 0.2) is 5.79 Å². The third-order valence-electron chi connectivity index (χ3n) is 5.00. The molecule has 0 spiro atoms. The first-order chi connectivity index (χ1) is 14.9. The molecule has 1 aliphatic rings. The molecule has 2 heterocycles. The largest absolute Gasteiger partial charge is 0.343 e. The van der Waals surface area contributed by atoms with E-state index in [0.29, 0.717) is 18.0 Å². The van der Waals surface area contributed by atoms with Gasteiger partial charge in [0, 0.05) is 23.6 Å². The number of rotatable bonds is 8. The number of nitrogens with zero attached hydrogens (tertiary/aromatic N) is 3. The van der Waals surface area contributed by atoms with Crippen LogP contribution >= 0.6 is 11.6 Å². The Morgan fingerprint density at radius 1 is 1.19 bits per heavy atom. The zero-order valence-electron chi connectivity index (χ0n) is 16.8. The molecule has 1 fully saturated rings. The minimum absolute atomic E-state index is 0.104. The van der Waals surface area contributed by atoms with Gasteiger partial charge in [-0.25, -0.2) is 4.98 Å². The van der Waals surface area contributed by atoms with Crippen molar-refractivity contribution in [1.82, 2.24) is 14.8 Å². The van der Waals surface area contributed by atoms with Gasteiger partial charge in [0.1, 0.15) is 18.8 Å². The lowest BCUT2D eigenvalue weighted by molar-refractivity contribution is -0.186. The third-order valence-corrected chi connectivity index (χ3v) is 6.55. The van der Waals surface area contributed by atoms with Crippen molar-refractivity contribution in [2.75, 3.05) is 13.2 Å². The van der Waals surface area contributed by atoms with Crippen LogP contribution in [0, 0.1) is 6.92 Å². The summed E-state index contributed by atoms with van der Waals surface area (Å²) in [6.45, 7) is 2.41. The molecule has 2 atom stereocenters. The molecule has 0 saturated carbocycles. The first-order valence-corrected chi connectivity index (χ1v) is 11.5. The van der Waals surface area contributed by atoms with E-state index < -0.39 is 22.0 Å². The second kappa shape index (κ2) is 9.05. The topological polar surface area (TPSA) is 92.5 Å². The molecule has 10 heteroatoms. The van der Waals surface area contributed by atoms with E-state index in [1.165, 1.54) is 18.5 Å². The van der Waals surface area contributed by atoms with Crippen LogP contribution < -0.4 is 0 Å². The quantitative estimate of drug-likeness (QED) is 0.473. The second-order valence-electron chi connectivity index (χ2n) is 7.27. The molecule has 0 amide bonds. The van der Waals surface area contributed by atoms with Crippen LogP contribution in [0.1, 0.15) is 17.5 Å². The molecule has 1 saturated heterocycles. The summed E-state index contributed by atoms with van der Waals surface area (Å²) in [5, 5.41) is 4.71. The highest BCUT2D eigenvalue weighted by molar-refractivity contribution is 7.86. The van der Waals surface area contributed by atoms with Crippen molar-refractivity contribution in [3.63, 3.8) is 0 Å². The lowest BCUT2D eigenvalue weighted by Gasteiger charge is -2.28. The number of hydrogen-bond donors (Lipinski definition) is 0. The van der Waals surface area contributed by atoms with Crippen LogP contribution in [-0.2, 0) is 36.1 Å². The maximum Gasteiger partial charge on any atom is 0.297 e. The van der Waals surface area contributed by atoms with E-state index in [1.54, 1.807) is 35.3 Å². The lowest BCUT2D eigenvalue weighted by Crippen LogP contribution is -2.31. The van der Waals surface area contributed by atoms with Gasteiger partial charge in [0.05, 0.1) is 18.1 Å². The molecule has 8 nitrogen and oxygen atoms in total. The number of aromatic nitrogens is 3. The van der Waals surface area contributed by atoms with E-state index in [0.717, 1.165) is 11.1 Å². The first kappa shape index (κ1) is 21.9. The number of hydrogen-bond acceptors (Lipinski definition) is 7. The SMILES string of the molecule is Cc1ccc(S(=O)(=O)OC[C@H]2CO[C@@](CCn3cncn3)(c3ccc(Cl)cc3)O2)cc1. The summed E-state index contributed by atoms with van der Waals surface area (Å²) in [5.41, 5.74) is 1.74. The highest BCUT2D eigenvalue weighted by atomic mass is 35.5. The van der Waals surface area contributed by atoms with Gasteiger partial charge in [-0.1, -0.05) is 41.4 Å². The van der Waals surface area contributed by atoms with Crippen molar-refractivity contribution in [3.8, 4) is 0 Å². The fourth-order valence-corrected chi connectivity index (χ4v) is 4.39. The highest BCUT2D eigenvalue weighted by Crippen LogP contribution is 2.38. The Kier molecular flexibility index (Phi) is 6.40. The van der Waals surface area contributed by atoms with Crippen LogP contribution in [0.25, 0.3) is 0 Å².